The summed E-state index contributed by atoms with van der Waals surface area (Å²) in [5.41, 5.74) is 1.60. The summed E-state index contributed by atoms with van der Waals surface area (Å²) in [4.78, 5) is 38.2. The van der Waals surface area contributed by atoms with E-state index >= 15 is 0 Å². The van der Waals surface area contributed by atoms with E-state index < -0.39 is 0 Å². The van der Waals surface area contributed by atoms with Crippen molar-refractivity contribution in [1.82, 2.24) is 10.2 Å². The fourth-order valence-corrected chi connectivity index (χ4v) is 3.23. The number of halogens is 1. The largest absolute Gasteiger partial charge is 0.341 e. The Balaban J connectivity index is 1.53. The van der Waals surface area contributed by atoms with Gasteiger partial charge in [-0.1, -0.05) is 6.07 Å². The molecule has 0 aromatic heterocycles. The van der Waals surface area contributed by atoms with Crippen molar-refractivity contribution in [2.45, 2.75) is 12.8 Å². The normalized spacial score (nSPS) is 14.2. The minimum atomic E-state index is -0.383. The van der Waals surface area contributed by atoms with Gasteiger partial charge in [-0.25, -0.2) is 9.18 Å². The van der Waals surface area contributed by atoms with Gasteiger partial charge < -0.3 is 20.9 Å². The molecule has 7 nitrogen and oxygen atoms in total. The third kappa shape index (κ3) is 5.31. The molecule has 0 radical (unpaired) electrons. The van der Waals surface area contributed by atoms with Gasteiger partial charge in [0.2, 0.25) is 5.91 Å². The lowest BCUT2D eigenvalue weighted by atomic mass is 9.95. The lowest BCUT2D eigenvalue weighted by molar-refractivity contribution is -0.121. The van der Waals surface area contributed by atoms with Gasteiger partial charge in [0.1, 0.15) is 5.82 Å². The number of urea groups is 1. The maximum Gasteiger partial charge on any atom is 0.318 e. The molecule has 1 saturated heterocycles. The van der Waals surface area contributed by atoms with Gasteiger partial charge in [0.25, 0.3) is 5.91 Å². The SMILES string of the molecule is CNC(=O)Nc1cccc(NC(=O)C2CCN(C(=O)c3ccc(F)cc3)CC2)c1. The average Bonchev–Trinajstić information content (AvgIpc) is 2.74. The molecule has 29 heavy (non-hydrogen) atoms. The topological polar surface area (TPSA) is 90.5 Å². The highest BCUT2D eigenvalue weighted by Crippen LogP contribution is 2.22. The number of likely N-dealkylation sites (tertiary alicyclic amines) is 1. The van der Waals surface area contributed by atoms with Gasteiger partial charge in [-0.05, 0) is 55.3 Å². The van der Waals surface area contributed by atoms with Crippen molar-refractivity contribution in [1.29, 1.82) is 0 Å². The van der Waals surface area contributed by atoms with Crippen LogP contribution in [-0.2, 0) is 4.79 Å². The molecular formula is C21H23FN4O3. The maximum atomic E-state index is 13.0. The van der Waals surface area contributed by atoms with Gasteiger partial charge in [0.05, 0.1) is 0 Å². The van der Waals surface area contributed by atoms with Gasteiger partial charge in [-0.15, -0.1) is 0 Å². The van der Waals surface area contributed by atoms with Crippen LogP contribution in [0.1, 0.15) is 23.2 Å². The Morgan fingerprint density at radius 2 is 1.59 bits per heavy atom. The van der Waals surface area contributed by atoms with Crippen molar-refractivity contribution in [3.8, 4) is 0 Å². The number of nitrogens with zero attached hydrogens (tertiary/aromatic N) is 1. The summed E-state index contributed by atoms with van der Waals surface area (Å²) < 4.78 is 13.0. The smallest absolute Gasteiger partial charge is 0.318 e. The summed E-state index contributed by atoms with van der Waals surface area (Å²) in [7, 11) is 1.52. The zero-order valence-electron chi connectivity index (χ0n) is 16.1. The van der Waals surface area contributed by atoms with Gasteiger partial charge >= 0.3 is 6.03 Å². The highest BCUT2D eigenvalue weighted by atomic mass is 19.1. The molecule has 0 spiro atoms. The van der Waals surface area contributed by atoms with E-state index in [1.54, 1.807) is 29.2 Å². The predicted octanol–water partition coefficient (Wildman–Crippen LogP) is 3.07. The molecule has 1 heterocycles. The predicted molar refractivity (Wildman–Crippen MR) is 108 cm³/mol. The molecule has 4 amide bonds. The van der Waals surface area contributed by atoms with E-state index in [1.807, 2.05) is 0 Å². The number of benzene rings is 2. The molecule has 8 heteroatoms. The summed E-state index contributed by atoms with van der Waals surface area (Å²) in [6.45, 7) is 0.930. The first-order valence-corrected chi connectivity index (χ1v) is 9.41. The second-order valence-corrected chi connectivity index (χ2v) is 6.85. The lowest BCUT2D eigenvalue weighted by Crippen LogP contribution is -2.41. The quantitative estimate of drug-likeness (QED) is 0.739. The molecule has 2 aromatic carbocycles. The Bertz CT molecular complexity index is 893. The average molecular weight is 398 g/mol. The Labute approximate surface area is 168 Å². The molecule has 2 aromatic rings. The van der Waals surface area contributed by atoms with Gasteiger partial charge in [-0.3, -0.25) is 9.59 Å². The number of hydrogen-bond donors (Lipinski definition) is 3. The van der Waals surface area contributed by atoms with Gasteiger partial charge in [0.15, 0.2) is 0 Å². The molecule has 0 bridgehead atoms. The maximum absolute atomic E-state index is 13.0. The van der Waals surface area contributed by atoms with Crippen molar-refractivity contribution in [3.05, 3.63) is 59.9 Å². The van der Waals surface area contributed by atoms with Crippen LogP contribution in [-0.4, -0.2) is 42.9 Å². The molecule has 3 rings (SSSR count). The number of nitrogens with one attached hydrogen (secondary N) is 3. The Morgan fingerprint density at radius 3 is 2.21 bits per heavy atom. The van der Waals surface area contributed by atoms with Gasteiger partial charge in [-0.2, -0.15) is 0 Å². The zero-order chi connectivity index (χ0) is 20.8. The first-order chi connectivity index (χ1) is 14.0. The van der Waals surface area contributed by atoms with Crippen LogP contribution in [0.5, 0.6) is 0 Å². The van der Waals surface area contributed by atoms with Crippen molar-refractivity contribution >= 4 is 29.2 Å². The van der Waals surface area contributed by atoms with E-state index in [4.69, 9.17) is 0 Å². The number of carbonyl (C=O) groups is 3. The van der Waals surface area contributed by atoms with E-state index in [-0.39, 0.29) is 29.6 Å². The molecule has 0 aliphatic carbocycles. The molecule has 0 unspecified atom stereocenters. The van der Waals surface area contributed by atoms with Crippen LogP contribution in [0.25, 0.3) is 0 Å². The Kier molecular flexibility index (Phi) is 6.43. The first-order valence-electron chi connectivity index (χ1n) is 9.41. The second-order valence-electron chi connectivity index (χ2n) is 6.85. The Hall–Kier alpha value is -3.42. The number of anilines is 2. The fraction of sp³-hybridized carbons (Fsp3) is 0.286. The Morgan fingerprint density at radius 1 is 0.966 bits per heavy atom. The van der Waals surface area contributed by atoms with E-state index in [0.29, 0.717) is 42.9 Å². The minimum absolute atomic E-state index is 0.115. The molecule has 1 fully saturated rings. The molecule has 0 saturated carbocycles. The molecule has 3 N–H and O–H groups in total. The minimum Gasteiger partial charge on any atom is -0.341 e. The summed E-state index contributed by atoms with van der Waals surface area (Å²) in [6.07, 6.45) is 1.10. The van der Waals surface area contributed by atoms with Crippen LogP contribution in [0.15, 0.2) is 48.5 Å². The number of amides is 4. The van der Waals surface area contributed by atoms with Crippen LogP contribution in [0, 0.1) is 11.7 Å². The van der Waals surface area contributed by atoms with Crippen molar-refractivity contribution in [2.75, 3.05) is 30.8 Å². The number of piperidine rings is 1. The third-order valence-electron chi connectivity index (χ3n) is 4.86. The van der Waals surface area contributed by atoms with Crippen LogP contribution >= 0.6 is 0 Å². The lowest BCUT2D eigenvalue weighted by Gasteiger charge is -2.31. The number of hydrogen-bond acceptors (Lipinski definition) is 3. The van der Waals surface area contributed by atoms with Crippen LogP contribution in [0.3, 0.4) is 0 Å². The number of rotatable bonds is 4. The highest BCUT2D eigenvalue weighted by molar-refractivity contribution is 5.96. The molecule has 152 valence electrons. The van der Waals surface area contributed by atoms with Crippen molar-refractivity contribution in [2.24, 2.45) is 5.92 Å². The number of carbonyl (C=O) groups excluding carboxylic acids is 3. The molecular weight excluding hydrogens is 375 g/mol. The molecule has 1 aliphatic rings. The van der Waals surface area contributed by atoms with E-state index in [0.717, 1.165) is 0 Å². The van der Waals surface area contributed by atoms with E-state index in [9.17, 15) is 18.8 Å². The third-order valence-corrected chi connectivity index (χ3v) is 4.86. The molecule has 0 atom stereocenters. The van der Waals surface area contributed by atoms with Crippen LogP contribution in [0.4, 0.5) is 20.6 Å². The van der Waals surface area contributed by atoms with Crippen molar-refractivity contribution in [3.63, 3.8) is 0 Å². The summed E-state index contributed by atoms with van der Waals surface area (Å²) >= 11 is 0. The zero-order valence-corrected chi connectivity index (χ0v) is 16.1. The van der Waals surface area contributed by atoms with E-state index in [2.05, 4.69) is 16.0 Å². The molecule has 1 aliphatic heterocycles. The second kappa shape index (κ2) is 9.18. The van der Waals surface area contributed by atoms with Crippen molar-refractivity contribution < 1.29 is 18.8 Å². The highest BCUT2D eigenvalue weighted by Gasteiger charge is 2.28. The van der Waals surface area contributed by atoms with Gasteiger partial charge in [0, 0.05) is 43.0 Å². The fourth-order valence-electron chi connectivity index (χ4n) is 3.23. The van der Waals surface area contributed by atoms with Crippen LogP contribution < -0.4 is 16.0 Å². The van der Waals surface area contributed by atoms with E-state index in [1.165, 1.54) is 31.3 Å². The first kappa shape index (κ1) is 20.3. The summed E-state index contributed by atoms with van der Waals surface area (Å²) in [5, 5.41) is 7.99. The summed E-state index contributed by atoms with van der Waals surface area (Å²) in [5.74, 6) is -0.859. The standard InChI is InChI=1S/C21H23FN4O3/c1-23-21(29)25-18-4-2-3-17(13-18)24-19(27)14-9-11-26(12-10-14)20(28)15-5-7-16(22)8-6-15/h2-8,13-14H,9-12H2,1H3,(H,24,27)(H2,23,25,29). The monoisotopic (exact) mass is 398 g/mol. The van der Waals surface area contributed by atoms with Crippen LogP contribution in [0.2, 0.25) is 0 Å². The summed E-state index contributed by atoms with van der Waals surface area (Å²) in [6, 6.07) is 12.0.